The van der Waals surface area contributed by atoms with E-state index in [4.69, 9.17) is 4.74 Å². The van der Waals surface area contributed by atoms with Crippen LogP contribution >= 0.6 is 0 Å². The van der Waals surface area contributed by atoms with Gasteiger partial charge in [-0.25, -0.2) is 4.79 Å². The number of carboxylic acids is 1. The van der Waals surface area contributed by atoms with Gasteiger partial charge in [0.2, 0.25) is 0 Å². The van der Waals surface area contributed by atoms with Crippen LogP contribution in [0.15, 0.2) is 78.9 Å². The Morgan fingerprint density at radius 2 is 1.60 bits per heavy atom. The Balaban J connectivity index is 1.64. The van der Waals surface area contributed by atoms with E-state index < -0.39 is 5.97 Å². The number of nitrogens with one attached hydrogen (secondary N) is 1. The van der Waals surface area contributed by atoms with Crippen LogP contribution in [0.2, 0.25) is 0 Å². The van der Waals surface area contributed by atoms with E-state index in [0.29, 0.717) is 25.3 Å². The average molecular weight is 400 g/mol. The van der Waals surface area contributed by atoms with Crippen LogP contribution in [-0.2, 0) is 19.6 Å². The minimum atomic E-state index is -0.914. The SMILES string of the molecule is COc1ccc(CNCc2c(C(=O)O)n(Cc3ccccc3)c3ccccc23)cc1. The molecule has 0 fully saturated rings. The van der Waals surface area contributed by atoms with Gasteiger partial charge in [-0.3, -0.25) is 0 Å². The molecule has 3 aromatic carbocycles. The third-order valence-electron chi connectivity index (χ3n) is 5.25. The van der Waals surface area contributed by atoms with E-state index >= 15 is 0 Å². The van der Waals surface area contributed by atoms with Crippen molar-refractivity contribution in [3.63, 3.8) is 0 Å². The second-order valence-electron chi connectivity index (χ2n) is 7.17. The minimum Gasteiger partial charge on any atom is -0.497 e. The van der Waals surface area contributed by atoms with Crippen LogP contribution < -0.4 is 10.1 Å². The van der Waals surface area contributed by atoms with Crippen molar-refractivity contribution in [3.05, 3.63) is 101 Å². The van der Waals surface area contributed by atoms with Crippen molar-refractivity contribution in [2.45, 2.75) is 19.6 Å². The van der Waals surface area contributed by atoms with Gasteiger partial charge >= 0.3 is 5.97 Å². The molecule has 0 spiro atoms. The van der Waals surface area contributed by atoms with Crippen molar-refractivity contribution in [2.24, 2.45) is 0 Å². The summed E-state index contributed by atoms with van der Waals surface area (Å²) in [5.74, 6) is -0.0979. The van der Waals surface area contributed by atoms with Crippen molar-refractivity contribution in [3.8, 4) is 5.75 Å². The molecule has 0 bridgehead atoms. The molecule has 0 aliphatic rings. The fourth-order valence-electron chi connectivity index (χ4n) is 3.80. The first-order chi connectivity index (χ1) is 14.7. The first kappa shape index (κ1) is 19.7. The summed E-state index contributed by atoms with van der Waals surface area (Å²) in [6.07, 6.45) is 0. The van der Waals surface area contributed by atoms with Crippen molar-refractivity contribution in [1.82, 2.24) is 9.88 Å². The number of aromatic carboxylic acids is 1. The second-order valence-corrected chi connectivity index (χ2v) is 7.17. The lowest BCUT2D eigenvalue weighted by Crippen LogP contribution is -2.17. The van der Waals surface area contributed by atoms with Crippen LogP contribution in [0.25, 0.3) is 10.9 Å². The quantitative estimate of drug-likeness (QED) is 0.451. The number of para-hydroxylation sites is 1. The normalized spacial score (nSPS) is 11.0. The van der Waals surface area contributed by atoms with Crippen LogP contribution in [0.5, 0.6) is 5.75 Å². The summed E-state index contributed by atoms with van der Waals surface area (Å²) >= 11 is 0. The van der Waals surface area contributed by atoms with E-state index in [9.17, 15) is 9.90 Å². The van der Waals surface area contributed by atoms with Gasteiger partial charge in [0.15, 0.2) is 0 Å². The number of carboxylic acid groups (broad SMARTS) is 1. The smallest absolute Gasteiger partial charge is 0.352 e. The largest absolute Gasteiger partial charge is 0.497 e. The standard InChI is InChI=1S/C25H24N2O3/c1-30-20-13-11-18(12-14-20)15-26-16-22-21-9-5-6-10-23(21)27(24(22)25(28)29)17-19-7-3-2-4-8-19/h2-14,26H,15-17H2,1H3,(H,28,29). The predicted octanol–water partition coefficient (Wildman–Crippen LogP) is 4.69. The monoisotopic (exact) mass is 400 g/mol. The Bertz CT molecular complexity index is 1150. The van der Waals surface area contributed by atoms with Crippen LogP contribution in [0.1, 0.15) is 27.2 Å². The Morgan fingerprint density at radius 1 is 0.900 bits per heavy atom. The lowest BCUT2D eigenvalue weighted by molar-refractivity contribution is 0.0685. The highest BCUT2D eigenvalue weighted by Gasteiger charge is 2.22. The first-order valence-electron chi connectivity index (χ1n) is 9.88. The van der Waals surface area contributed by atoms with Gasteiger partial charge in [-0.1, -0.05) is 60.7 Å². The molecule has 0 amide bonds. The van der Waals surface area contributed by atoms with Gasteiger partial charge in [-0.05, 0) is 29.3 Å². The zero-order valence-corrected chi connectivity index (χ0v) is 16.8. The van der Waals surface area contributed by atoms with Crippen molar-refractivity contribution < 1.29 is 14.6 Å². The molecule has 152 valence electrons. The summed E-state index contributed by atoms with van der Waals surface area (Å²) < 4.78 is 7.10. The number of nitrogens with zero attached hydrogens (tertiary/aromatic N) is 1. The highest BCUT2D eigenvalue weighted by atomic mass is 16.5. The molecule has 0 radical (unpaired) electrons. The Hall–Kier alpha value is -3.57. The summed E-state index contributed by atoms with van der Waals surface area (Å²) in [7, 11) is 1.64. The summed E-state index contributed by atoms with van der Waals surface area (Å²) in [4.78, 5) is 12.2. The van der Waals surface area contributed by atoms with Crippen LogP contribution in [0.3, 0.4) is 0 Å². The number of methoxy groups -OCH3 is 1. The van der Waals surface area contributed by atoms with E-state index in [2.05, 4.69) is 5.32 Å². The Morgan fingerprint density at radius 3 is 2.30 bits per heavy atom. The molecule has 5 nitrogen and oxygen atoms in total. The molecule has 30 heavy (non-hydrogen) atoms. The molecule has 0 aliphatic heterocycles. The van der Waals surface area contributed by atoms with E-state index in [-0.39, 0.29) is 0 Å². The van der Waals surface area contributed by atoms with Gasteiger partial charge in [0.05, 0.1) is 7.11 Å². The van der Waals surface area contributed by atoms with E-state index in [1.54, 1.807) is 7.11 Å². The van der Waals surface area contributed by atoms with Gasteiger partial charge in [0.1, 0.15) is 11.4 Å². The van der Waals surface area contributed by atoms with Crippen LogP contribution in [-0.4, -0.2) is 22.8 Å². The Kier molecular flexibility index (Phi) is 5.82. The molecule has 0 saturated carbocycles. The number of ether oxygens (including phenoxy) is 1. The first-order valence-corrected chi connectivity index (χ1v) is 9.88. The van der Waals surface area contributed by atoms with Gasteiger partial charge in [-0.2, -0.15) is 0 Å². The van der Waals surface area contributed by atoms with E-state index in [1.165, 1.54) is 0 Å². The fourth-order valence-corrected chi connectivity index (χ4v) is 3.80. The summed E-state index contributed by atoms with van der Waals surface area (Å²) in [5, 5.41) is 14.4. The third-order valence-corrected chi connectivity index (χ3v) is 5.25. The molecule has 1 aromatic heterocycles. The lowest BCUT2D eigenvalue weighted by atomic mass is 10.1. The lowest BCUT2D eigenvalue weighted by Gasteiger charge is -2.10. The molecular weight excluding hydrogens is 376 g/mol. The molecule has 2 N–H and O–H groups in total. The molecule has 0 aliphatic carbocycles. The van der Waals surface area contributed by atoms with Gasteiger partial charge in [0.25, 0.3) is 0 Å². The van der Waals surface area contributed by atoms with E-state index in [1.807, 2.05) is 83.4 Å². The van der Waals surface area contributed by atoms with Crippen LogP contribution in [0.4, 0.5) is 0 Å². The number of fused-ring (bicyclic) bond motifs is 1. The van der Waals surface area contributed by atoms with Crippen molar-refractivity contribution in [1.29, 1.82) is 0 Å². The van der Waals surface area contributed by atoms with Crippen molar-refractivity contribution >= 4 is 16.9 Å². The number of hydrogen-bond acceptors (Lipinski definition) is 3. The topological polar surface area (TPSA) is 63.5 Å². The Labute approximate surface area is 175 Å². The maximum atomic E-state index is 12.2. The number of hydrogen-bond donors (Lipinski definition) is 2. The zero-order valence-electron chi connectivity index (χ0n) is 16.8. The van der Waals surface area contributed by atoms with Gasteiger partial charge < -0.3 is 19.7 Å². The van der Waals surface area contributed by atoms with E-state index in [0.717, 1.165) is 33.3 Å². The maximum Gasteiger partial charge on any atom is 0.352 e. The van der Waals surface area contributed by atoms with Crippen LogP contribution in [0, 0.1) is 0 Å². The highest BCUT2D eigenvalue weighted by Crippen LogP contribution is 2.27. The third kappa shape index (κ3) is 4.07. The van der Waals surface area contributed by atoms with Gasteiger partial charge in [-0.15, -0.1) is 0 Å². The number of benzene rings is 3. The molecular formula is C25H24N2O3. The highest BCUT2D eigenvalue weighted by molar-refractivity contribution is 5.98. The second kappa shape index (κ2) is 8.84. The maximum absolute atomic E-state index is 12.2. The molecule has 4 aromatic rings. The average Bonchev–Trinajstić information content (AvgIpc) is 3.09. The number of rotatable bonds is 8. The fraction of sp³-hybridized carbons (Fsp3) is 0.160. The molecule has 1 heterocycles. The molecule has 0 atom stereocenters. The molecule has 4 rings (SSSR count). The minimum absolute atomic E-state index is 0.335. The molecule has 5 heteroatoms. The van der Waals surface area contributed by atoms with Gasteiger partial charge in [0, 0.05) is 36.1 Å². The molecule has 0 saturated heterocycles. The number of aromatic nitrogens is 1. The summed E-state index contributed by atoms with van der Waals surface area (Å²) in [6.45, 7) is 1.62. The summed E-state index contributed by atoms with van der Waals surface area (Å²) in [6, 6.07) is 25.7. The summed E-state index contributed by atoms with van der Waals surface area (Å²) in [5.41, 5.74) is 4.25. The molecule has 0 unspecified atom stereocenters. The van der Waals surface area contributed by atoms with Crippen molar-refractivity contribution in [2.75, 3.05) is 7.11 Å². The zero-order chi connectivity index (χ0) is 20.9. The predicted molar refractivity (Wildman–Crippen MR) is 118 cm³/mol. The number of carbonyl (C=O) groups is 1.